The molecule has 0 unspecified atom stereocenters. The number of hydrogen-bond donors (Lipinski definition) is 2. The molecule has 0 saturated heterocycles. The van der Waals surface area contributed by atoms with Gasteiger partial charge in [-0.25, -0.2) is 9.59 Å². The lowest BCUT2D eigenvalue weighted by Crippen LogP contribution is -2.18. The van der Waals surface area contributed by atoms with Crippen molar-refractivity contribution in [3.05, 3.63) is 46.6 Å². The number of hydrogen-bond acceptors (Lipinski definition) is 6. The van der Waals surface area contributed by atoms with Gasteiger partial charge in [0.25, 0.3) is 11.8 Å². The maximum absolute atomic E-state index is 12.2. The Hall–Kier alpha value is -3.42. The molecule has 0 aliphatic heterocycles. The largest absolute Gasteiger partial charge is 0.466 e. The summed E-state index contributed by atoms with van der Waals surface area (Å²) in [5, 5.41) is 5.32. The molecule has 0 bridgehead atoms. The third kappa shape index (κ3) is 5.80. The van der Waals surface area contributed by atoms with Crippen molar-refractivity contribution < 1.29 is 28.7 Å². The fraction of sp³-hybridized carbons (Fsp3) is 0.300. The number of carbonyl (C=O) groups excluding carboxylic acids is 4. The summed E-state index contributed by atoms with van der Waals surface area (Å²) in [4.78, 5) is 47.4. The van der Waals surface area contributed by atoms with Gasteiger partial charge in [0.05, 0.1) is 14.2 Å². The van der Waals surface area contributed by atoms with Crippen molar-refractivity contribution in [3.8, 4) is 0 Å². The second kappa shape index (κ2) is 10.1. The molecule has 28 heavy (non-hydrogen) atoms. The van der Waals surface area contributed by atoms with Gasteiger partial charge in [0.1, 0.15) is 0 Å². The second-order valence-electron chi connectivity index (χ2n) is 5.97. The number of nitrogens with one attached hydrogen (secondary N) is 2. The zero-order valence-corrected chi connectivity index (χ0v) is 16.8. The van der Waals surface area contributed by atoms with Gasteiger partial charge in [-0.3, -0.25) is 9.59 Å². The molecule has 0 spiro atoms. The Bertz CT molecular complexity index is 779. The first-order chi connectivity index (χ1) is 13.1. The molecule has 0 aliphatic rings. The van der Waals surface area contributed by atoms with Crippen molar-refractivity contribution in [1.82, 2.24) is 0 Å². The topological polar surface area (TPSA) is 111 Å². The van der Waals surface area contributed by atoms with Crippen LogP contribution in [0.4, 0.5) is 11.4 Å². The van der Waals surface area contributed by atoms with Crippen molar-refractivity contribution in [1.29, 1.82) is 0 Å². The monoisotopic (exact) mass is 388 g/mol. The Kier molecular flexibility index (Phi) is 8.12. The minimum absolute atomic E-state index is 0.215. The first kappa shape index (κ1) is 22.6. The van der Waals surface area contributed by atoms with Crippen LogP contribution in [-0.2, 0) is 28.7 Å². The first-order valence-electron chi connectivity index (χ1n) is 8.36. The van der Waals surface area contributed by atoms with Crippen LogP contribution >= 0.6 is 0 Å². The average molecular weight is 388 g/mol. The van der Waals surface area contributed by atoms with E-state index in [-0.39, 0.29) is 22.3 Å². The molecule has 2 amide bonds. The number of ether oxygens (including phenoxy) is 2. The molecule has 1 aromatic carbocycles. The molecule has 150 valence electrons. The lowest BCUT2D eigenvalue weighted by atomic mass is 10.1. The highest BCUT2D eigenvalue weighted by Gasteiger charge is 2.15. The fourth-order valence-electron chi connectivity index (χ4n) is 2.04. The number of carbonyl (C=O) groups is 4. The fourth-order valence-corrected chi connectivity index (χ4v) is 2.04. The van der Waals surface area contributed by atoms with E-state index in [9.17, 15) is 19.2 Å². The predicted molar refractivity (Wildman–Crippen MR) is 104 cm³/mol. The molecule has 0 radical (unpaired) electrons. The molecule has 1 aromatic rings. The van der Waals surface area contributed by atoms with Gasteiger partial charge in [-0.2, -0.15) is 0 Å². The summed E-state index contributed by atoms with van der Waals surface area (Å²) in [6.07, 6.45) is 0. The van der Waals surface area contributed by atoms with Gasteiger partial charge >= 0.3 is 11.9 Å². The Morgan fingerprint density at radius 2 is 0.893 bits per heavy atom. The number of rotatable bonds is 6. The van der Waals surface area contributed by atoms with Crippen molar-refractivity contribution in [2.24, 2.45) is 0 Å². The van der Waals surface area contributed by atoms with Crippen LogP contribution in [-0.4, -0.2) is 38.0 Å². The van der Waals surface area contributed by atoms with Gasteiger partial charge in [-0.15, -0.1) is 0 Å². The van der Waals surface area contributed by atoms with Gasteiger partial charge < -0.3 is 20.1 Å². The van der Waals surface area contributed by atoms with Gasteiger partial charge in [-0.1, -0.05) is 0 Å². The molecule has 0 atom stereocenters. The van der Waals surface area contributed by atoms with Gasteiger partial charge in [0.15, 0.2) is 0 Å². The third-order valence-corrected chi connectivity index (χ3v) is 4.19. The van der Waals surface area contributed by atoms with Gasteiger partial charge in [-0.05, 0) is 52.0 Å². The standard InChI is InChI=1S/C20H24N2O6/c1-11(13(3)19(25)27-5)17(23)21-15-7-9-16(10-8-15)22-18(24)12(2)14(4)20(26)28-6/h7-10H,1-6H3,(H,21,23)(H,22,24)/b13-11-,14-12-. The summed E-state index contributed by atoms with van der Waals surface area (Å²) in [6.45, 7) is 6.06. The zero-order valence-electron chi connectivity index (χ0n) is 16.8. The Balaban J connectivity index is 2.85. The van der Waals surface area contributed by atoms with E-state index in [1.165, 1.54) is 41.9 Å². The van der Waals surface area contributed by atoms with E-state index in [4.69, 9.17) is 0 Å². The van der Waals surface area contributed by atoms with Crippen LogP contribution in [0.15, 0.2) is 46.6 Å². The normalized spacial score (nSPS) is 12.2. The summed E-state index contributed by atoms with van der Waals surface area (Å²) in [5.41, 5.74) is 1.88. The van der Waals surface area contributed by atoms with E-state index in [0.717, 1.165) is 0 Å². The highest BCUT2D eigenvalue weighted by molar-refractivity contribution is 6.09. The van der Waals surface area contributed by atoms with E-state index in [2.05, 4.69) is 20.1 Å². The third-order valence-electron chi connectivity index (χ3n) is 4.19. The molecule has 1 rings (SSSR count). The summed E-state index contributed by atoms with van der Waals surface area (Å²) in [7, 11) is 2.49. The highest BCUT2D eigenvalue weighted by atomic mass is 16.5. The van der Waals surface area contributed by atoms with Gasteiger partial charge in [0, 0.05) is 33.7 Å². The number of amides is 2. The van der Waals surface area contributed by atoms with Crippen molar-refractivity contribution in [3.63, 3.8) is 0 Å². The van der Waals surface area contributed by atoms with E-state index in [1.54, 1.807) is 24.3 Å². The number of methoxy groups -OCH3 is 2. The maximum Gasteiger partial charge on any atom is 0.333 e. The summed E-state index contributed by atoms with van der Waals surface area (Å²) in [6, 6.07) is 6.39. The maximum atomic E-state index is 12.2. The van der Waals surface area contributed by atoms with E-state index < -0.39 is 23.8 Å². The van der Waals surface area contributed by atoms with Crippen LogP contribution in [0.2, 0.25) is 0 Å². The molecule has 0 aliphatic carbocycles. The van der Waals surface area contributed by atoms with Crippen molar-refractivity contribution in [2.45, 2.75) is 27.7 Å². The molecule has 2 N–H and O–H groups in total. The Morgan fingerprint density at radius 3 is 1.14 bits per heavy atom. The molecule has 0 saturated carbocycles. The van der Waals surface area contributed by atoms with Crippen molar-refractivity contribution >= 4 is 35.1 Å². The number of anilines is 2. The van der Waals surface area contributed by atoms with Crippen LogP contribution in [0, 0.1) is 0 Å². The lowest BCUT2D eigenvalue weighted by Gasteiger charge is -2.10. The quantitative estimate of drug-likeness (QED) is 0.572. The molecular weight excluding hydrogens is 364 g/mol. The number of esters is 2. The van der Waals surface area contributed by atoms with E-state index >= 15 is 0 Å². The van der Waals surface area contributed by atoms with Gasteiger partial charge in [0.2, 0.25) is 0 Å². The lowest BCUT2D eigenvalue weighted by molar-refractivity contribution is -0.137. The smallest absolute Gasteiger partial charge is 0.333 e. The minimum Gasteiger partial charge on any atom is -0.466 e. The summed E-state index contributed by atoms with van der Waals surface area (Å²) in [5.74, 6) is -2.02. The van der Waals surface area contributed by atoms with Crippen LogP contribution in [0.25, 0.3) is 0 Å². The molecule has 8 heteroatoms. The molecule has 0 heterocycles. The van der Waals surface area contributed by atoms with Crippen molar-refractivity contribution in [2.75, 3.05) is 24.9 Å². The molecule has 0 fully saturated rings. The predicted octanol–water partition coefficient (Wildman–Crippen LogP) is 2.58. The van der Waals surface area contributed by atoms with Crippen LogP contribution in [0.5, 0.6) is 0 Å². The Morgan fingerprint density at radius 1 is 0.607 bits per heavy atom. The van der Waals surface area contributed by atoms with Crippen LogP contribution < -0.4 is 10.6 Å². The summed E-state index contributed by atoms with van der Waals surface area (Å²) < 4.78 is 9.19. The summed E-state index contributed by atoms with van der Waals surface area (Å²) >= 11 is 0. The number of benzene rings is 1. The average Bonchev–Trinajstić information content (AvgIpc) is 2.71. The SMILES string of the molecule is COC(=O)/C(C)=C(/C)C(=O)Nc1ccc(NC(=O)/C(C)=C(/C)C(=O)OC)cc1. The second-order valence-corrected chi connectivity index (χ2v) is 5.97. The van der Waals surface area contributed by atoms with E-state index in [1.807, 2.05) is 0 Å². The molecular formula is C20H24N2O6. The van der Waals surface area contributed by atoms with Crippen LogP contribution in [0.3, 0.4) is 0 Å². The highest BCUT2D eigenvalue weighted by Crippen LogP contribution is 2.17. The zero-order chi connectivity index (χ0) is 21.4. The van der Waals surface area contributed by atoms with E-state index in [0.29, 0.717) is 11.4 Å². The molecule has 0 aromatic heterocycles. The first-order valence-corrected chi connectivity index (χ1v) is 8.36. The van der Waals surface area contributed by atoms with Crippen LogP contribution in [0.1, 0.15) is 27.7 Å². The molecule has 8 nitrogen and oxygen atoms in total. The Labute approximate surface area is 163 Å². The minimum atomic E-state index is -0.573.